The number of ether oxygens (including phenoxy) is 1. The molecule has 3 aromatic rings. The van der Waals surface area contributed by atoms with Gasteiger partial charge >= 0.3 is 5.97 Å². The highest BCUT2D eigenvalue weighted by atomic mass is 16.5. The van der Waals surface area contributed by atoms with Gasteiger partial charge < -0.3 is 14.1 Å². The van der Waals surface area contributed by atoms with Crippen LogP contribution in [0.5, 0.6) is 0 Å². The van der Waals surface area contributed by atoms with Crippen LogP contribution >= 0.6 is 0 Å². The summed E-state index contributed by atoms with van der Waals surface area (Å²) in [5.41, 5.74) is 2.90. The average Bonchev–Trinajstić information content (AvgIpc) is 3.18. The summed E-state index contributed by atoms with van der Waals surface area (Å²) >= 11 is 0. The zero-order valence-corrected chi connectivity index (χ0v) is 13.7. The molecule has 5 heteroatoms. The molecule has 0 radical (unpaired) electrons. The minimum atomic E-state index is -0.338. The van der Waals surface area contributed by atoms with Gasteiger partial charge in [-0.05, 0) is 25.5 Å². The van der Waals surface area contributed by atoms with Crippen molar-refractivity contribution in [2.75, 3.05) is 0 Å². The lowest BCUT2D eigenvalue weighted by Gasteiger charge is -2.10. The summed E-state index contributed by atoms with van der Waals surface area (Å²) in [7, 11) is 0. The summed E-state index contributed by atoms with van der Waals surface area (Å²) in [6, 6.07) is 9.73. The van der Waals surface area contributed by atoms with Crippen LogP contribution < -0.4 is 0 Å². The number of nitrogens with one attached hydrogen (secondary N) is 1. The normalized spacial score (nSPS) is 12.2. The Labute approximate surface area is 139 Å². The van der Waals surface area contributed by atoms with Crippen molar-refractivity contribution >= 4 is 22.7 Å². The van der Waals surface area contributed by atoms with Crippen LogP contribution in [-0.2, 0) is 9.53 Å². The third-order valence-corrected chi connectivity index (χ3v) is 3.92. The van der Waals surface area contributed by atoms with E-state index in [1.165, 1.54) is 6.92 Å². The molecule has 0 saturated heterocycles. The lowest BCUT2D eigenvalue weighted by molar-refractivity contribution is -0.145. The number of para-hydroxylation sites is 1. The first kappa shape index (κ1) is 16.1. The van der Waals surface area contributed by atoms with Crippen LogP contribution in [0.25, 0.3) is 22.0 Å². The van der Waals surface area contributed by atoms with E-state index in [0.717, 1.165) is 22.0 Å². The van der Waals surface area contributed by atoms with Crippen molar-refractivity contribution in [3.63, 3.8) is 0 Å². The predicted octanol–water partition coefficient (Wildman–Crippen LogP) is 4.34. The van der Waals surface area contributed by atoms with Gasteiger partial charge in [0, 0.05) is 41.6 Å². The molecule has 0 fully saturated rings. The SMILES string of the molecule is CC(=O)OC(C)CCC(=O)c1cc(-c2c[nH]c3ccccc23)co1. The molecule has 1 unspecified atom stereocenters. The molecule has 0 spiro atoms. The standard InChI is InChI=1S/C19H19NO4/c1-12(24-13(2)21)7-8-18(22)19-9-14(11-23-19)16-10-20-17-6-4-3-5-15(16)17/h3-6,9-12,20H,7-8H2,1-2H3. The van der Waals surface area contributed by atoms with Crippen LogP contribution in [0.1, 0.15) is 37.2 Å². The van der Waals surface area contributed by atoms with Crippen LogP contribution in [0.4, 0.5) is 0 Å². The monoisotopic (exact) mass is 325 g/mol. The molecule has 0 aliphatic rings. The van der Waals surface area contributed by atoms with E-state index in [9.17, 15) is 9.59 Å². The Balaban J connectivity index is 1.71. The number of benzene rings is 1. The molecule has 5 nitrogen and oxygen atoms in total. The third-order valence-electron chi connectivity index (χ3n) is 3.92. The van der Waals surface area contributed by atoms with Gasteiger partial charge in [-0.1, -0.05) is 18.2 Å². The summed E-state index contributed by atoms with van der Waals surface area (Å²) in [6.45, 7) is 3.13. The predicted molar refractivity (Wildman–Crippen MR) is 90.8 cm³/mol. The second-order valence-electron chi connectivity index (χ2n) is 5.83. The van der Waals surface area contributed by atoms with E-state index in [1.54, 1.807) is 19.3 Å². The van der Waals surface area contributed by atoms with Crippen LogP contribution in [0, 0.1) is 0 Å². The highest BCUT2D eigenvalue weighted by Gasteiger charge is 2.16. The van der Waals surface area contributed by atoms with Gasteiger partial charge in [-0.3, -0.25) is 9.59 Å². The maximum Gasteiger partial charge on any atom is 0.302 e. The van der Waals surface area contributed by atoms with Gasteiger partial charge in [0.2, 0.25) is 0 Å². The van der Waals surface area contributed by atoms with Crippen molar-refractivity contribution in [1.29, 1.82) is 0 Å². The Morgan fingerprint density at radius 1 is 1.29 bits per heavy atom. The van der Waals surface area contributed by atoms with Crippen LogP contribution in [0.3, 0.4) is 0 Å². The van der Waals surface area contributed by atoms with Gasteiger partial charge in [0.05, 0.1) is 12.4 Å². The molecule has 0 saturated carbocycles. The molecule has 0 aliphatic heterocycles. The number of H-pyrrole nitrogens is 1. The Hall–Kier alpha value is -2.82. The molecule has 0 bridgehead atoms. The Kier molecular flexibility index (Phi) is 4.51. The van der Waals surface area contributed by atoms with Gasteiger partial charge in [0.25, 0.3) is 0 Å². The number of hydrogen-bond acceptors (Lipinski definition) is 4. The van der Waals surface area contributed by atoms with Crippen molar-refractivity contribution in [2.24, 2.45) is 0 Å². The topological polar surface area (TPSA) is 72.3 Å². The summed E-state index contributed by atoms with van der Waals surface area (Å²) in [5, 5.41) is 1.08. The zero-order valence-electron chi connectivity index (χ0n) is 13.7. The fraction of sp³-hybridized carbons (Fsp3) is 0.263. The first-order valence-electron chi connectivity index (χ1n) is 7.90. The highest BCUT2D eigenvalue weighted by Crippen LogP contribution is 2.30. The number of hydrogen-bond donors (Lipinski definition) is 1. The summed E-state index contributed by atoms with van der Waals surface area (Å²) < 4.78 is 10.5. The summed E-state index contributed by atoms with van der Waals surface area (Å²) in [6.07, 6.45) is 3.97. The van der Waals surface area contributed by atoms with E-state index in [2.05, 4.69) is 4.98 Å². The van der Waals surface area contributed by atoms with Crippen molar-refractivity contribution in [3.8, 4) is 11.1 Å². The molecule has 24 heavy (non-hydrogen) atoms. The minimum absolute atomic E-state index is 0.0971. The number of ketones is 1. The van der Waals surface area contributed by atoms with Crippen molar-refractivity contribution in [3.05, 3.63) is 48.6 Å². The van der Waals surface area contributed by atoms with E-state index >= 15 is 0 Å². The van der Waals surface area contributed by atoms with Crippen LogP contribution in [0.2, 0.25) is 0 Å². The van der Waals surface area contributed by atoms with Gasteiger partial charge in [-0.2, -0.15) is 0 Å². The van der Waals surface area contributed by atoms with Gasteiger partial charge in [0.1, 0.15) is 0 Å². The molecule has 1 aromatic carbocycles. The second kappa shape index (κ2) is 6.74. The smallest absolute Gasteiger partial charge is 0.302 e. The molecule has 0 aliphatic carbocycles. The number of carbonyl (C=O) groups excluding carboxylic acids is 2. The van der Waals surface area contributed by atoms with E-state index in [1.807, 2.05) is 30.5 Å². The van der Waals surface area contributed by atoms with Gasteiger partial charge in [-0.15, -0.1) is 0 Å². The van der Waals surface area contributed by atoms with E-state index in [0.29, 0.717) is 12.2 Å². The lowest BCUT2D eigenvalue weighted by Crippen LogP contribution is -2.13. The number of furan rings is 1. The number of rotatable bonds is 6. The Morgan fingerprint density at radius 2 is 2.08 bits per heavy atom. The summed E-state index contributed by atoms with van der Waals surface area (Å²) in [4.78, 5) is 26.3. The second-order valence-corrected chi connectivity index (χ2v) is 5.83. The molecule has 2 aromatic heterocycles. The Morgan fingerprint density at radius 3 is 2.88 bits per heavy atom. The molecule has 2 heterocycles. The van der Waals surface area contributed by atoms with Gasteiger partial charge in [0.15, 0.2) is 11.5 Å². The maximum absolute atomic E-state index is 12.2. The lowest BCUT2D eigenvalue weighted by atomic mass is 10.1. The number of carbonyl (C=O) groups is 2. The third kappa shape index (κ3) is 3.40. The fourth-order valence-electron chi connectivity index (χ4n) is 2.73. The maximum atomic E-state index is 12.2. The Bertz CT molecular complexity index is 874. The molecule has 0 amide bonds. The molecule has 1 N–H and O–H groups in total. The number of esters is 1. The minimum Gasteiger partial charge on any atom is -0.463 e. The number of aromatic amines is 1. The molecule has 124 valence electrons. The van der Waals surface area contributed by atoms with E-state index < -0.39 is 0 Å². The number of Topliss-reactive ketones (excluding diaryl/α,β-unsaturated/α-hetero) is 1. The van der Waals surface area contributed by atoms with Crippen molar-refractivity contribution in [2.45, 2.75) is 32.8 Å². The first-order valence-corrected chi connectivity index (χ1v) is 7.90. The molecular weight excluding hydrogens is 306 g/mol. The van der Waals surface area contributed by atoms with E-state index in [4.69, 9.17) is 9.15 Å². The molecular formula is C19H19NO4. The largest absolute Gasteiger partial charge is 0.463 e. The quantitative estimate of drug-likeness (QED) is 0.540. The number of fused-ring (bicyclic) bond motifs is 1. The van der Waals surface area contributed by atoms with Crippen LogP contribution in [-0.4, -0.2) is 22.8 Å². The van der Waals surface area contributed by atoms with Crippen molar-refractivity contribution in [1.82, 2.24) is 4.98 Å². The fourth-order valence-corrected chi connectivity index (χ4v) is 2.73. The van der Waals surface area contributed by atoms with Crippen LogP contribution in [0.15, 0.2) is 47.2 Å². The molecule has 1 atom stereocenters. The first-order chi connectivity index (χ1) is 11.5. The zero-order chi connectivity index (χ0) is 17.1. The molecule has 3 rings (SSSR count). The van der Waals surface area contributed by atoms with Crippen molar-refractivity contribution < 1.29 is 18.7 Å². The summed E-state index contributed by atoms with van der Waals surface area (Å²) in [5.74, 6) is -0.111. The van der Waals surface area contributed by atoms with Gasteiger partial charge in [-0.25, -0.2) is 0 Å². The average molecular weight is 325 g/mol. The van der Waals surface area contributed by atoms with E-state index in [-0.39, 0.29) is 24.3 Å². The highest BCUT2D eigenvalue weighted by molar-refractivity contribution is 5.98. The number of aromatic nitrogens is 1.